The fourth-order valence-electron chi connectivity index (χ4n) is 4.00. The molecule has 0 bridgehead atoms. The molecule has 0 aliphatic heterocycles. The Labute approximate surface area is 128 Å². The van der Waals surface area contributed by atoms with Crippen molar-refractivity contribution in [1.82, 2.24) is 5.32 Å². The second-order valence-electron chi connectivity index (χ2n) is 7.00. The molecule has 1 aliphatic carbocycles. The van der Waals surface area contributed by atoms with Crippen molar-refractivity contribution < 1.29 is 0 Å². The monoisotopic (exact) mass is 281 g/mol. The van der Waals surface area contributed by atoms with Gasteiger partial charge in [0.1, 0.15) is 0 Å². The quantitative estimate of drug-likeness (QED) is 0.437. The third-order valence-corrected chi connectivity index (χ3v) is 5.28. The zero-order valence-corrected chi connectivity index (χ0v) is 14.4. The van der Waals surface area contributed by atoms with Gasteiger partial charge in [-0.25, -0.2) is 0 Å². The van der Waals surface area contributed by atoms with E-state index in [4.69, 9.17) is 0 Å². The molecule has 0 saturated heterocycles. The second kappa shape index (κ2) is 11.6. The zero-order valence-electron chi connectivity index (χ0n) is 14.4. The summed E-state index contributed by atoms with van der Waals surface area (Å²) in [6.07, 6.45) is 17.3. The summed E-state index contributed by atoms with van der Waals surface area (Å²) >= 11 is 0. The lowest BCUT2D eigenvalue weighted by atomic mass is 9.87. The normalized spacial score (nSPS) is 24.1. The number of rotatable bonds is 12. The van der Waals surface area contributed by atoms with Crippen molar-refractivity contribution in [2.45, 2.75) is 104 Å². The van der Waals surface area contributed by atoms with Crippen LogP contribution in [0.15, 0.2) is 0 Å². The fourth-order valence-corrected chi connectivity index (χ4v) is 4.00. The minimum atomic E-state index is 0.803. The standard InChI is InChI=1S/C19H39N/c1-4-6-7-8-9-10-11-12-16-19(20-5-2)18-15-13-14-17(18)3/h17-20H,4-16H2,1-3H3. The van der Waals surface area contributed by atoms with Gasteiger partial charge in [0.25, 0.3) is 0 Å². The Bertz CT molecular complexity index is 214. The van der Waals surface area contributed by atoms with Gasteiger partial charge in [0.15, 0.2) is 0 Å². The molecule has 1 rings (SSSR count). The highest BCUT2D eigenvalue weighted by atomic mass is 14.9. The lowest BCUT2D eigenvalue weighted by Gasteiger charge is -2.27. The minimum Gasteiger partial charge on any atom is -0.314 e. The van der Waals surface area contributed by atoms with Crippen LogP contribution in [-0.4, -0.2) is 12.6 Å². The average molecular weight is 282 g/mol. The third-order valence-electron chi connectivity index (χ3n) is 5.28. The molecule has 0 aromatic rings. The van der Waals surface area contributed by atoms with E-state index in [0.717, 1.165) is 24.4 Å². The number of hydrogen-bond donors (Lipinski definition) is 1. The van der Waals surface area contributed by atoms with Crippen molar-refractivity contribution >= 4 is 0 Å². The molecule has 120 valence electrons. The second-order valence-corrected chi connectivity index (χ2v) is 7.00. The maximum atomic E-state index is 3.77. The average Bonchev–Trinajstić information content (AvgIpc) is 2.87. The van der Waals surface area contributed by atoms with Gasteiger partial charge in [-0.2, -0.15) is 0 Å². The summed E-state index contributed by atoms with van der Waals surface area (Å²) in [5.74, 6) is 1.91. The molecule has 1 fully saturated rings. The summed E-state index contributed by atoms with van der Waals surface area (Å²) in [6.45, 7) is 8.17. The van der Waals surface area contributed by atoms with E-state index in [0.29, 0.717) is 0 Å². The SMILES string of the molecule is CCCCCCCCCCC(NCC)C1CCCC1C. The topological polar surface area (TPSA) is 12.0 Å². The summed E-state index contributed by atoms with van der Waals surface area (Å²) in [7, 11) is 0. The Morgan fingerprint density at radius 1 is 0.900 bits per heavy atom. The van der Waals surface area contributed by atoms with E-state index in [-0.39, 0.29) is 0 Å². The Kier molecular flexibility index (Phi) is 10.4. The Balaban J connectivity index is 2.07. The Morgan fingerprint density at radius 2 is 1.55 bits per heavy atom. The highest BCUT2D eigenvalue weighted by Crippen LogP contribution is 2.35. The largest absolute Gasteiger partial charge is 0.314 e. The van der Waals surface area contributed by atoms with Crippen LogP contribution in [0, 0.1) is 11.8 Å². The van der Waals surface area contributed by atoms with Crippen LogP contribution in [0.4, 0.5) is 0 Å². The van der Waals surface area contributed by atoms with Crippen LogP contribution in [-0.2, 0) is 0 Å². The molecule has 3 atom stereocenters. The first-order chi connectivity index (χ1) is 9.79. The van der Waals surface area contributed by atoms with Gasteiger partial charge in [-0.15, -0.1) is 0 Å². The van der Waals surface area contributed by atoms with Crippen LogP contribution in [0.1, 0.15) is 97.8 Å². The van der Waals surface area contributed by atoms with Gasteiger partial charge < -0.3 is 5.32 Å². The fraction of sp³-hybridized carbons (Fsp3) is 1.00. The molecular formula is C19H39N. The van der Waals surface area contributed by atoms with E-state index >= 15 is 0 Å². The first kappa shape index (κ1) is 18.0. The van der Waals surface area contributed by atoms with Crippen molar-refractivity contribution in [3.05, 3.63) is 0 Å². The number of nitrogens with one attached hydrogen (secondary N) is 1. The summed E-state index contributed by atoms with van der Waals surface area (Å²) in [5.41, 5.74) is 0. The van der Waals surface area contributed by atoms with Crippen molar-refractivity contribution in [2.75, 3.05) is 6.54 Å². The summed E-state index contributed by atoms with van der Waals surface area (Å²) in [4.78, 5) is 0. The van der Waals surface area contributed by atoms with E-state index < -0.39 is 0 Å². The predicted molar refractivity (Wildman–Crippen MR) is 91.2 cm³/mol. The number of hydrogen-bond acceptors (Lipinski definition) is 1. The molecule has 20 heavy (non-hydrogen) atoms. The summed E-state index contributed by atoms with van der Waals surface area (Å²) in [5, 5.41) is 3.77. The van der Waals surface area contributed by atoms with Crippen LogP contribution in [0.5, 0.6) is 0 Å². The smallest absolute Gasteiger partial charge is 0.00977 e. The van der Waals surface area contributed by atoms with Crippen molar-refractivity contribution in [3.63, 3.8) is 0 Å². The highest BCUT2D eigenvalue weighted by molar-refractivity contribution is 4.84. The van der Waals surface area contributed by atoms with Crippen molar-refractivity contribution in [2.24, 2.45) is 11.8 Å². The molecule has 1 saturated carbocycles. The highest BCUT2D eigenvalue weighted by Gasteiger charge is 2.29. The molecule has 0 heterocycles. The van der Waals surface area contributed by atoms with Crippen LogP contribution >= 0.6 is 0 Å². The molecule has 0 aromatic heterocycles. The van der Waals surface area contributed by atoms with Gasteiger partial charge in [-0.1, -0.05) is 85.0 Å². The lowest BCUT2D eigenvalue weighted by molar-refractivity contribution is 0.281. The van der Waals surface area contributed by atoms with Gasteiger partial charge in [0.05, 0.1) is 0 Å². The van der Waals surface area contributed by atoms with Crippen LogP contribution in [0.25, 0.3) is 0 Å². The maximum Gasteiger partial charge on any atom is 0.00977 e. The third kappa shape index (κ3) is 7.11. The van der Waals surface area contributed by atoms with E-state index in [9.17, 15) is 0 Å². The predicted octanol–water partition coefficient (Wildman–Crippen LogP) is 5.93. The van der Waals surface area contributed by atoms with Crippen molar-refractivity contribution in [3.8, 4) is 0 Å². The number of unbranched alkanes of at least 4 members (excludes halogenated alkanes) is 7. The maximum absolute atomic E-state index is 3.77. The van der Waals surface area contributed by atoms with Gasteiger partial charge in [0.2, 0.25) is 0 Å². The zero-order chi connectivity index (χ0) is 14.6. The molecule has 0 amide bonds. The molecule has 1 aliphatic rings. The van der Waals surface area contributed by atoms with Gasteiger partial charge in [0, 0.05) is 6.04 Å². The molecule has 1 heteroatoms. The van der Waals surface area contributed by atoms with Crippen LogP contribution in [0.3, 0.4) is 0 Å². The van der Waals surface area contributed by atoms with Gasteiger partial charge in [-0.3, -0.25) is 0 Å². The first-order valence-corrected chi connectivity index (χ1v) is 9.53. The lowest BCUT2D eigenvalue weighted by Crippen LogP contribution is -2.37. The molecule has 1 N–H and O–H groups in total. The van der Waals surface area contributed by atoms with Crippen molar-refractivity contribution in [1.29, 1.82) is 0 Å². The van der Waals surface area contributed by atoms with E-state index in [1.54, 1.807) is 0 Å². The molecule has 0 radical (unpaired) electrons. The first-order valence-electron chi connectivity index (χ1n) is 9.53. The van der Waals surface area contributed by atoms with Crippen LogP contribution < -0.4 is 5.32 Å². The Morgan fingerprint density at radius 3 is 2.10 bits per heavy atom. The molecular weight excluding hydrogens is 242 g/mol. The van der Waals surface area contributed by atoms with Crippen LogP contribution in [0.2, 0.25) is 0 Å². The van der Waals surface area contributed by atoms with Gasteiger partial charge in [-0.05, 0) is 31.2 Å². The molecule has 1 nitrogen and oxygen atoms in total. The van der Waals surface area contributed by atoms with E-state index in [1.165, 1.54) is 77.0 Å². The summed E-state index contributed by atoms with van der Waals surface area (Å²) < 4.78 is 0. The van der Waals surface area contributed by atoms with Gasteiger partial charge >= 0.3 is 0 Å². The minimum absolute atomic E-state index is 0.803. The molecule has 3 unspecified atom stereocenters. The van der Waals surface area contributed by atoms with E-state index in [2.05, 4.69) is 26.1 Å². The molecule has 0 aromatic carbocycles. The molecule has 0 spiro atoms. The summed E-state index contributed by atoms with van der Waals surface area (Å²) in [6, 6.07) is 0.803. The van der Waals surface area contributed by atoms with E-state index in [1.807, 2.05) is 0 Å². The Hall–Kier alpha value is -0.0400.